The quantitative estimate of drug-likeness (QED) is 0.892. The molecule has 2 heterocycles. The summed E-state index contributed by atoms with van der Waals surface area (Å²) in [6, 6.07) is 8.08. The molecule has 1 saturated heterocycles. The number of hydrogen-bond donors (Lipinski definition) is 1. The average Bonchev–Trinajstić information content (AvgIpc) is 2.64. The number of ether oxygens (including phenoxy) is 1. The number of nitrogens with one attached hydrogen (secondary N) is 1. The number of rotatable bonds is 5. The van der Waals surface area contributed by atoms with Crippen LogP contribution in [0.4, 0.5) is 11.6 Å². The molecule has 1 aliphatic heterocycles. The number of methoxy groups -OCH3 is 1. The zero-order valence-electron chi connectivity index (χ0n) is 16.1. The molecule has 1 fully saturated rings. The lowest BCUT2D eigenvalue weighted by atomic mass is 10.0. The van der Waals surface area contributed by atoms with Gasteiger partial charge in [0.25, 0.3) is 5.56 Å². The molecule has 140 valence electrons. The van der Waals surface area contributed by atoms with Crippen molar-refractivity contribution >= 4 is 11.6 Å². The van der Waals surface area contributed by atoms with Crippen LogP contribution in [0.5, 0.6) is 5.75 Å². The highest BCUT2D eigenvalue weighted by Crippen LogP contribution is 2.28. The van der Waals surface area contributed by atoms with Gasteiger partial charge in [-0.25, -0.2) is 4.98 Å². The van der Waals surface area contributed by atoms with E-state index in [-0.39, 0.29) is 5.56 Å². The summed E-state index contributed by atoms with van der Waals surface area (Å²) in [5.74, 6) is 2.01. The van der Waals surface area contributed by atoms with Crippen molar-refractivity contribution in [3.8, 4) is 5.75 Å². The molecule has 0 amide bonds. The van der Waals surface area contributed by atoms with Crippen LogP contribution < -0.4 is 20.1 Å². The molecule has 26 heavy (non-hydrogen) atoms. The zero-order valence-corrected chi connectivity index (χ0v) is 16.1. The molecular weight excluding hydrogens is 328 g/mol. The van der Waals surface area contributed by atoms with Crippen molar-refractivity contribution in [3.05, 3.63) is 45.9 Å². The van der Waals surface area contributed by atoms with Gasteiger partial charge in [-0.15, -0.1) is 0 Å². The first-order chi connectivity index (χ1) is 12.5. The van der Waals surface area contributed by atoms with Gasteiger partial charge >= 0.3 is 0 Å². The third kappa shape index (κ3) is 3.84. The van der Waals surface area contributed by atoms with Crippen LogP contribution in [-0.2, 0) is 6.42 Å². The summed E-state index contributed by atoms with van der Waals surface area (Å²) in [4.78, 5) is 24.6. The molecule has 1 aromatic carbocycles. The van der Waals surface area contributed by atoms with Crippen molar-refractivity contribution in [3.63, 3.8) is 0 Å². The highest BCUT2D eigenvalue weighted by molar-refractivity contribution is 5.59. The van der Waals surface area contributed by atoms with Gasteiger partial charge in [-0.3, -0.25) is 9.78 Å². The minimum atomic E-state index is -0.00615. The highest BCUT2D eigenvalue weighted by Gasteiger charge is 2.22. The van der Waals surface area contributed by atoms with Crippen LogP contribution in [0.3, 0.4) is 0 Å². The molecule has 2 aromatic rings. The van der Waals surface area contributed by atoms with Gasteiger partial charge in [-0.1, -0.05) is 26.0 Å². The van der Waals surface area contributed by atoms with Crippen molar-refractivity contribution < 1.29 is 4.74 Å². The summed E-state index contributed by atoms with van der Waals surface area (Å²) in [7, 11) is 1.70. The second-order valence-electron chi connectivity index (χ2n) is 7.20. The summed E-state index contributed by atoms with van der Waals surface area (Å²) < 4.78 is 5.47. The lowest BCUT2D eigenvalue weighted by Gasteiger charge is -2.37. The maximum atomic E-state index is 12.5. The second-order valence-corrected chi connectivity index (χ2v) is 7.20. The van der Waals surface area contributed by atoms with Crippen molar-refractivity contribution in [1.82, 2.24) is 9.97 Å². The smallest absolute Gasteiger partial charge is 0.255 e. The standard InChI is InChI=1S/C20H28N4O2/c1-14(2)13-16-15(3)21-20(22-19(16)25)24-11-9-23(10-12-24)17-7-5-6-8-18(17)26-4/h5-8,14H,9-13H2,1-4H3,(H,21,22,25). The normalized spacial score (nSPS) is 14.8. The predicted molar refractivity (Wildman–Crippen MR) is 106 cm³/mol. The lowest BCUT2D eigenvalue weighted by molar-refractivity contribution is 0.413. The van der Waals surface area contributed by atoms with Crippen molar-refractivity contribution in [2.24, 2.45) is 5.92 Å². The number of anilines is 2. The molecule has 1 N–H and O–H groups in total. The van der Waals surface area contributed by atoms with Gasteiger partial charge in [0.2, 0.25) is 5.95 Å². The molecule has 6 heteroatoms. The first-order valence-corrected chi connectivity index (χ1v) is 9.22. The van der Waals surface area contributed by atoms with Gasteiger partial charge in [-0.05, 0) is 31.4 Å². The van der Waals surface area contributed by atoms with E-state index >= 15 is 0 Å². The van der Waals surface area contributed by atoms with E-state index in [1.165, 1.54) is 0 Å². The Balaban J connectivity index is 1.73. The van der Waals surface area contributed by atoms with Gasteiger partial charge < -0.3 is 14.5 Å². The molecular formula is C20H28N4O2. The van der Waals surface area contributed by atoms with E-state index in [2.05, 4.69) is 39.7 Å². The summed E-state index contributed by atoms with van der Waals surface area (Å²) in [6.45, 7) is 9.50. The lowest BCUT2D eigenvalue weighted by Crippen LogP contribution is -2.47. The Morgan fingerprint density at radius 3 is 2.42 bits per heavy atom. The summed E-state index contributed by atoms with van der Waals surface area (Å²) in [6.07, 6.45) is 0.760. The van der Waals surface area contributed by atoms with Crippen LogP contribution in [0.2, 0.25) is 0 Å². The molecule has 0 aliphatic carbocycles. The van der Waals surface area contributed by atoms with Gasteiger partial charge in [-0.2, -0.15) is 0 Å². The van der Waals surface area contributed by atoms with Crippen LogP contribution in [0.15, 0.2) is 29.1 Å². The van der Waals surface area contributed by atoms with E-state index in [0.717, 1.165) is 55.3 Å². The molecule has 0 atom stereocenters. The number of aromatic amines is 1. The number of H-pyrrole nitrogens is 1. The molecule has 1 aromatic heterocycles. The monoisotopic (exact) mass is 356 g/mol. The Morgan fingerprint density at radius 2 is 1.81 bits per heavy atom. The van der Waals surface area contributed by atoms with E-state index in [9.17, 15) is 4.79 Å². The molecule has 6 nitrogen and oxygen atoms in total. The fourth-order valence-corrected chi connectivity index (χ4v) is 3.44. The minimum absolute atomic E-state index is 0.00615. The number of aryl methyl sites for hydroxylation is 1. The van der Waals surface area contributed by atoms with E-state index in [1.807, 2.05) is 25.1 Å². The van der Waals surface area contributed by atoms with Crippen LogP contribution in [-0.4, -0.2) is 43.3 Å². The Bertz CT molecular complexity index is 808. The largest absolute Gasteiger partial charge is 0.495 e. The number of benzene rings is 1. The maximum Gasteiger partial charge on any atom is 0.255 e. The molecule has 3 rings (SSSR count). The van der Waals surface area contributed by atoms with Gasteiger partial charge in [0.1, 0.15) is 5.75 Å². The molecule has 0 saturated carbocycles. The third-order valence-electron chi connectivity index (χ3n) is 4.83. The van der Waals surface area contributed by atoms with Crippen LogP contribution in [0.25, 0.3) is 0 Å². The molecule has 0 spiro atoms. The Kier molecular flexibility index (Phi) is 5.49. The Morgan fingerprint density at radius 1 is 1.15 bits per heavy atom. The number of nitrogens with zero attached hydrogens (tertiary/aromatic N) is 3. The average molecular weight is 356 g/mol. The summed E-state index contributed by atoms with van der Waals surface area (Å²) >= 11 is 0. The number of piperazine rings is 1. The highest BCUT2D eigenvalue weighted by atomic mass is 16.5. The molecule has 0 bridgehead atoms. The van der Waals surface area contributed by atoms with Crippen molar-refractivity contribution in [2.75, 3.05) is 43.1 Å². The SMILES string of the molecule is COc1ccccc1N1CCN(c2nc(C)c(CC(C)C)c(=O)[nH]2)CC1. The topological polar surface area (TPSA) is 61.5 Å². The fraction of sp³-hybridized carbons (Fsp3) is 0.500. The second kappa shape index (κ2) is 7.81. The van der Waals surface area contributed by atoms with Gasteiger partial charge in [0.15, 0.2) is 0 Å². The van der Waals surface area contributed by atoms with E-state index < -0.39 is 0 Å². The first kappa shape index (κ1) is 18.3. The minimum Gasteiger partial charge on any atom is -0.495 e. The molecule has 0 unspecified atom stereocenters. The molecule has 1 aliphatic rings. The third-order valence-corrected chi connectivity index (χ3v) is 4.83. The first-order valence-electron chi connectivity index (χ1n) is 9.22. The number of hydrogen-bond acceptors (Lipinski definition) is 5. The van der Waals surface area contributed by atoms with Crippen LogP contribution >= 0.6 is 0 Å². The Hall–Kier alpha value is -2.50. The fourth-order valence-electron chi connectivity index (χ4n) is 3.44. The van der Waals surface area contributed by atoms with E-state index in [4.69, 9.17) is 4.74 Å². The van der Waals surface area contributed by atoms with Gasteiger partial charge in [0, 0.05) is 37.4 Å². The van der Waals surface area contributed by atoms with Crippen molar-refractivity contribution in [1.29, 1.82) is 0 Å². The Labute approximate surface area is 154 Å². The molecule has 0 radical (unpaired) electrons. The van der Waals surface area contributed by atoms with Crippen molar-refractivity contribution in [2.45, 2.75) is 27.2 Å². The summed E-state index contributed by atoms with van der Waals surface area (Å²) in [5.41, 5.74) is 2.74. The van der Waals surface area contributed by atoms with Crippen LogP contribution in [0.1, 0.15) is 25.1 Å². The maximum absolute atomic E-state index is 12.5. The number of para-hydroxylation sites is 2. The number of aromatic nitrogens is 2. The van der Waals surface area contributed by atoms with Crippen LogP contribution in [0, 0.1) is 12.8 Å². The van der Waals surface area contributed by atoms with E-state index in [1.54, 1.807) is 7.11 Å². The predicted octanol–water partition coefficient (Wildman–Crippen LogP) is 2.61. The summed E-state index contributed by atoms with van der Waals surface area (Å²) in [5, 5.41) is 0. The zero-order chi connectivity index (χ0) is 18.7. The van der Waals surface area contributed by atoms with E-state index in [0.29, 0.717) is 11.9 Å². The van der Waals surface area contributed by atoms with Gasteiger partial charge in [0.05, 0.1) is 12.8 Å².